The number of rotatable bonds is 3. The highest BCUT2D eigenvalue weighted by atomic mass is 32.2. The van der Waals surface area contributed by atoms with E-state index in [1.165, 1.54) is 18.5 Å². The maximum atomic E-state index is 12.1. The Balaban J connectivity index is 2.36. The number of sulfone groups is 1. The first-order valence-electron chi connectivity index (χ1n) is 4.93. The predicted molar refractivity (Wildman–Crippen MR) is 63.8 cm³/mol. The molecule has 1 aromatic heterocycles. The van der Waals surface area contributed by atoms with E-state index in [0.717, 1.165) is 0 Å². The summed E-state index contributed by atoms with van der Waals surface area (Å²) in [5.74, 6) is 0.0120. The number of nitrogen functional groups attached to an aromatic ring is 1. The van der Waals surface area contributed by atoms with Gasteiger partial charge < -0.3 is 5.73 Å². The lowest BCUT2D eigenvalue weighted by Crippen LogP contribution is -2.09. The van der Waals surface area contributed by atoms with Gasteiger partial charge >= 0.3 is 0 Å². The summed E-state index contributed by atoms with van der Waals surface area (Å²) in [6.07, 6.45) is 3.01. The molecule has 0 unspecified atom stereocenters. The van der Waals surface area contributed by atoms with Crippen LogP contribution in [-0.4, -0.2) is 18.4 Å². The lowest BCUT2D eigenvalue weighted by Gasteiger charge is -2.05. The van der Waals surface area contributed by atoms with Gasteiger partial charge in [0.2, 0.25) is 0 Å². The van der Waals surface area contributed by atoms with Crippen LogP contribution in [0, 0.1) is 0 Å². The Morgan fingerprint density at radius 3 is 2.35 bits per heavy atom. The van der Waals surface area contributed by atoms with Gasteiger partial charge in [-0.25, -0.2) is 18.4 Å². The van der Waals surface area contributed by atoms with Crippen molar-refractivity contribution in [3.63, 3.8) is 0 Å². The van der Waals surface area contributed by atoms with Gasteiger partial charge in [0.05, 0.1) is 10.6 Å². The maximum Gasteiger partial charge on any atom is 0.187 e. The number of aromatic nitrogens is 2. The molecule has 2 aromatic rings. The van der Waals surface area contributed by atoms with Crippen LogP contribution in [0.2, 0.25) is 0 Å². The molecule has 17 heavy (non-hydrogen) atoms. The van der Waals surface area contributed by atoms with Gasteiger partial charge in [0, 0.05) is 12.4 Å². The Kier molecular flexibility index (Phi) is 3.06. The van der Waals surface area contributed by atoms with Crippen LogP contribution in [0.25, 0.3) is 0 Å². The zero-order chi connectivity index (χ0) is 12.3. The largest absolute Gasteiger partial charge is 0.398 e. The van der Waals surface area contributed by atoms with Crippen molar-refractivity contribution >= 4 is 15.5 Å². The van der Waals surface area contributed by atoms with Crippen LogP contribution in [0.4, 0.5) is 5.69 Å². The number of hydrogen-bond acceptors (Lipinski definition) is 5. The lowest BCUT2D eigenvalue weighted by molar-refractivity contribution is 0.594. The molecule has 1 aromatic carbocycles. The smallest absolute Gasteiger partial charge is 0.187 e. The first-order valence-corrected chi connectivity index (χ1v) is 6.58. The van der Waals surface area contributed by atoms with Crippen LogP contribution in [0.3, 0.4) is 0 Å². The lowest BCUT2D eigenvalue weighted by atomic mass is 10.3. The van der Waals surface area contributed by atoms with E-state index in [4.69, 9.17) is 5.73 Å². The van der Waals surface area contributed by atoms with Crippen molar-refractivity contribution in [1.29, 1.82) is 0 Å². The molecule has 5 nitrogen and oxygen atoms in total. The number of benzene rings is 1. The summed E-state index contributed by atoms with van der Waals surface area (Å²) >= 11 is 0. The quantitative estimate of drug-likeness (QED) is 0.821. The number of para-hydroxylation sites is 1. The normalized spacial score (nSPS) is 11.3. The molecule has 0 saturated heterocycles. The molecule has 6 heteroatoms. The van der Waals surface area contributed by atoms with Gasteiger partial charge in [-0.2, -0.15) is 0 Å². The zero-order valence-corrected chi connectivity index (χ0v) is 9.76. The molecule has 0 saturated carbocycles. The van der Waals surface area contributed by atoms with Gasteiger partial charge in [-0.1, -0.05) is 12.1 Å². The van der Waals surface area contributed by atoms with Crippen LogP contribution in [0.15, 0.2) is 47.6 Å². The van der Waals surface area contributed by atoms with Crippen molar-refractivity contribution in [3.05, 3.63) is 48.5 Å². The Hall–Kier alpha value is -1.95. The summed E-state index contributed by atoms with van der Waals surface area (Å²) in [7, 11) is -3.49. The van der Waals surface area contributed by atoms with Crippen LogP contribution in [0.5, 0.6) is 0 Å². The number of nitrogens with zero attached hydrogens (tertiary/aromatic N) is 2. The minimum absolute atomic E-state index is 0.118. The molecule has 2 rings (SSSR count). The van der Waals surface area contributed by atoms with E-state index in [-0.39, 0.29) is 22.2 Å². The van der Waals surface area contributed by atoms with Crippen LogP contribution >= 0.6 is 0 Å². The molecular weight excluding hydrogens is 238 g/mol. The third-order valence-corrected chi connectivity index (χ3v) is 3.87. The molecule has 0 aliphatic rings. The molecule has 0 bridgehead atoms. The summed E-state index contributed by atoms with van der Waals surface area (Å²) in [4.78, 5) is 7.89. The van der Waals surface area contributed by atoms with Gasteiger partial charge in [0.15, 0.2) is 9.84 Å². The first-order chi connectivity index (χ1) is 8.09. The second kappa shape index (κ2) is 4.50. The van der Waals surface area contributed by atoms with Crippen LogP contribution in [0.1, 0.15) is 5.82 Å². The SMILES string of the molecule is Nc1ccccc1S(=O)(=O)Cc1ncccn1. The van der Waals surface area contributed by atoms with Gasteiger partial charge in [0.1, 0.15) is 11.6 Å². The highest BCUT2D eigenvalue weighted by molar-refractivity contribution is 7.90. The van der Waals surface area contributed by atoms with Crippen molar-refractivity contribution in [2.24, 2.45) is 0 Å². The third-order valence-electron chi connectivity index (χ3n) is 2.19. The van der Waals surface area contributed by atoms with Gasteiger partial charge in [-0.05, 0) is 18.2 Å². The van der Waals surface area contributed by atoms with Gasteiger partial charge in [-0.15, -0.1) is 0 Å². The number of anilines is 1. The summed E-state index contributed by atoms with van der Waals surface area (Å²) in [6.45, 7) is 0. The predicted octanol–water partition coefficient (Wildman–Crippen LogP) is 1.03. The highest BCUT2D eigenvalue weighted by Crippen LogP contribution is 2.20. The van der Waals surface area contributed by atoms with E-state index in [1.807, 2.05) is 0 Å². The molecule has 2 N–H and O–H groups in total. The fraction of sp³-hybridized carbons (Fsp3) is 0.0909. The Labute approximate surface area is 99.3 Å². The van der Waals surface area contributed by atoms with E-state index in [0.29, 0.717) is 0 Å². The van der Waals surface area contributed by atoms with Crippen molar-refractivity contribution < 1.29 is 8.42 Å². The van der Waals surface area contributed by atoms with Crippen molar-refractivity contribution in [3.8, 4) is 0 Å². The fourth-order valence-corrected chi connectivity index (χ4v) is 2.77. The van der Waals surface area contributed by atoms with E-state index in [9.17, 15) is 8.42 Å². The maximum absolute atomic E-state index is 12.1. The molecular formula is C11H11N3O2S. The van der Waals surface area contributed by atoms with Crippen molar-refractivity contribution in [2.75, 3.05) is 5.73 Å². The Morgan fingerprint density at radius 1 is 1.06 bits per heavy atom. The van der Waals surface area contributed by atoms with Crippen LogP contribution in [-0.2, 0) is 15.6 Å². The molecule has 1 heterocycles. The van der Waals surface area contributed by atoms with Crippen molar-refractivity contribution in [1.82, 2.24) is 9.97 Å². The second-order valence-corrected chi connectivity index (χ2v) is 5.42. The van der Waals surface area contributed by atoms with E-state index in [1.54, 1.807) is 24.3 Å². The second-order valence-electron chi connectivity index (χ2n) is 3.46. The first kappa shape index (κ1) is 11.5. The molecule has 0 aliphatic carbocycles. The standard InChI is InChI=1S/C11H11N3O2S/c12-9-4-1-2-5-10(9)17(15,16)8-11-13-6-3-7-14-11/h1-7H,8,12H2. The molecule has 0 fully saturated rings. The molecule has 0 aliphatic heterocycles. The molecule has 0 amide bonds. The zero-order valence-electron chi connectivity index (χ0n) is 8.95. The monoisotopic (exact) mass is 249 g/mol. The average molecular weight is 249 g/mol. The molecule has 0 radical (unpaired) electrons. The van der Waals surface area contributed by atoms with E-state index < -0.39 is 9.84 Å². The number of hydrogen-bond donors (Lipinski definition) is 1. The minimum atomic E-state index is -3.49. The highest BCUT2D eigenvalue weighted by Gasteiger charge is 2.19. The van der Waals surface area contributed by atoms with Gasteiger partial charge in [0.25, 0.3) is 0 Å². The van der Waals surface area contributed by atoms with E-state index >= 15 is 0 Å². The summed E-state index contributed by atoms with van der Waals surface area (Å²) in [5, 5.41) is 0. The minimum Gasteiger partial charge on any atom is -0.398 e. The summed E-state index contributed by atoms with van der Waals surface area (Å²) in [6, 6.07) is 7.99. The Bertz CT molecular complexity index is 612. The van der Waals surface area contributed by atoms with Gasteiger partial charge in [-0.3, -0.25) is 0 Å². The molecule has 88 valence electrons. The summed E-state index contributed by atoms with van der Waals surface area (Å²) < 4.78 is 24.1. The average Bonchev–Trinajstić information content (AvgIpc) is 2.30. The molecule has 0 spiro atoms. The molecule has 0 atom stereocenters. The van der Waals surface area contributed by atoms with Crippen molar-refractivity contribution in [2.45, 2.75) is 10.6 Å². The third kappa shape index (κ3) is 2.59. The topological polar surface area (TPSA) is 85.9 Å². The van der Waals surface area contributed by atoms with Crippen LogP contribution < -0.4 is 5.73 Å². The van der Waals surface area contributed by atoms with E-state index in [2.05, 4.69) is 9.97 Å². The summed E-state index contributed by atoms with van der Waals surface area (Å²) in [5.41, 5.74) is 5.88. The Morgan fingerprint density at radius 2 is 1.71 bits per heavy atom. The number of nitrogens with two attached hydrogens (primary N) is 1. The fourth-order valence-electron chi connectivity index (χ4n) is 1.42.